The summed E-state index contributed by atoms with van der Waals surface area (Å²) in [7, 11) is 0. The molecule has 94 valence electrons. The fourth-order valence-corrected chi connectivity index (χ4v) is 1.96. The van der Waals surface area contributed by atoms with Gasteiger partial charge in [0.25, 0.3) is 0 Å². The van der Waals surface area contributed by atoms with Crippen LogP contribution >= 0.6 is 15.9 Å². The standard InChI is InChI=1S/C11H10BrN3O3/c12-9-3-1-2-8(6-9)10(16)7-14-5-4-11(13-14)15(17)18/h1-6,10,16H,7H2. The van der Waals surface area contributed by atoms with E-state index in [-0.39, 0.29) is 12.4 Å². The number of nitro groups is 1. The maximum atomic E-state index is 10.5. The normalized spacial score (nSPS) is 12.3. The van der Waals surface area contributed by atoms with Crippen molar-refractivity contribution in [1.29, 1.82) is 0 Å². The lowest BCUT2D eigenvalue weighted by Crippen LogP contribution is -2.09. The fraction of sp³-hybridized carbons (Fsp3) is 0.182. The van der Waals surface area contributed by atoms with Gasteiger partial charge in [-0.1, -0.05) is 28.1 Å². The summed E-state index contributed by atoms with van der Waals surface area (Å²) in [6.07, 6.45) is 0.710. The maximum absolute atomic E-state index is 10.5. The predicted molar refractivity (Wildman–Crippen MR) is 68.0 cm³/mol. The molecule has 1 aromatic carbocycles. The molecule has 0 saturated heterocycles. The number of hydrogen-bond donors (Lipinski definition) is 1. The van der Waals surface area contributed by atoms with Gasteiger partial charge in [0.05, 0.1) is 23.9 Å². The number of halogens is 1. The van der Waals surface area contributed by atoms with Crippen molar-refractivity contribution in [3.05, 3.63) is 56.7 Å². The molecule has 1 aromatic heterocycles. The van der Waals surface area contributed by atoms with Gasteiger partial charge in [0.15, 0.2) is 0 Å². The monoisotopic (exact) mass is 311 g/mol. The molecule has 0 aliphatic heterocycles. The van der Waals surface area contributed by atoms with Crippen LogP contribution in [0.15, 0.2) is 41.0 Å². The van der Waals surface area contributed by atoms with E-state index < -0.39 is 11.0 Å². The van der Waals surface area contributed by atoms with Crippen LogP contribution in [0.4, 0.5) is 5.82 Å². The maximum Gasteiger partial charge on any atom is 0.389 e. The van der Waals surface area contributed by atoms with Gasteiger partial charge in [0, 0.05) is 4.47 Å². The highest BCUT2D eigenvalue weighted by molar-refractivity contribution is 9.10. The van der Waals surface area contributed by atoms with Crippen LogP contribution in [-0.4, -0.2) is 19.8 Å². The van der Waals surface area contributed by atoms with E-state index in [1.807, 2.05) is 12.1 Å². The molecule has 1 atom stereocenters. The van der Waals surface area contributed by atoms with E-state index in [9.17, 15) is 15.2 Å². The van der Waals surface area contributed by atoms with Crippen LogP contribution in [0.3, 0.4) is 0 Å². The van der Waals surface area contributed by atoms with Crippen molar-refractivity contribution in [2.24, 2.45) is 0 Å². The predicted octanol–water partition coefficient (Wildman–Crippen LogP) is 2.29. The average Bonchev–Trinajstić information content (AvgIpc) is 2.77. The number of benzene rings is 1. The lowest BCUT2D eigenvalue weighted by atomic mass is 10.1. The molecule has 0 aliphatic carbocycles. The van der Waals surface area contributed by atoms with Crippen molar-refractivity contribution in [2.45, 2.75) is 12.6 Å². The Bertz CT molecular complexity index is 570. The largest absolute Gasteiger partial charge is 0.389 e. The van der Waals surface area contributed by atoms with Crippen molar-refractivity contribution in [3.8, 4) is 0 Å². The van der Waals surface area contributed by atoms with E-state index >= 15 is 0 Å². The van der Waals surface area contributed by atoms with Gasteiger partial charge in [0.1, 0.15) is 6.10 Å². The summed E-state index contributed by atoms with van der Waals surface area (Å²) in [6.45, 7) is 0.171. The summed E-state index contributed by atoms with van der Waals surface area (Å²) >= 11 is 3.32. The summed E-state index contributed by atoms with van der Waals surface area (Å²) in [5.41, 5.74) is 0.725. The first-order chi connectivity index (χ1) is 8.56. The lowest BCUT2D eigenvalue weighted by Gasteiger charge is -2.09. The van der Waals surface area contributed by atoms with Gasteiger partial charge < -0.3 is 15.2 Å². The Morgan fingerprint density at radius 3 is 2.89 bits per heavy atom. The molecule has 2 rings (SSSR count). The molecule has 2 aromatic rings. The van der Waals surface area contributed by atoms with Crippen molar-refractivity contribution in [3.63, 3.8) is 0 Å². The fourth-order valence-electron chi connectivity index (χ4n) is 1.55. The molecule has 0 fully saturated rings. The highest BCUT2D eigenvalue weighted by Gasteiger charge is 2.15. The summed E-state index contributed by atoms with van der Waals surface area (Å²) in [6, 6.07) is 8.55. The number of nitrogens with zero attached hydrogens (tertiary/aromatic N) is 3. The quantitative estimate of drug-likeness (QED) is 0.694. The van der Waals surface area contributed by atoms with Gasteiger partial charge >= 0.3 is 5.82 Å². The lowest BCUT2D eigenvalue weighted by molar-refractivity contribution is -0.389. The van der Waals surface area contributed by atoms with Crippen LogP contribution in [0.5, 0.6) is 0 Å². The van der Waals surface area contributed by atoms with Crippen LogP contribution in [0.25, 0.3) is 0 Å². The first kappa shape index (κ1) is 12.7. The highest BCUT2D eigenvalue weighted by Crippen LogP contribution is 2.19. The summed E-state index contributed by atoms with van der Waals surface area (Å²) < 4.78 is 2.22. The van der Waals surface area contributed by atoms with Crippen LogP contribution in [0, 0.1) is 10.1 Å². The number of hydrogen-bond acceptors (Lipinski definition) is 4. The zero-order chi connectivity index (χ0) is 13.1. The van der Waals surface area contributed by atoms with Gasteiger partial charge in [-0.25, -0.2) is 0 Å². The number of aliphatic hydroxyl groups excluding tert-OH is 1. The molecule has 0 radical (unpaired) electrons. The Kier molecular flexibility index (Phi) is 3.73. The second kappa shape index (κ2) is 5.28. The molecule has 1 unspecified atom stereocenters. The second-order valence-electron chi connectivity index (χ2n) is 3.72. The van der Waals surface area contributed by atoms with Crippen LogP contribution < -0.4 is 0 Å². The molecule has 0 saturated carbocycles. The van der Waals surface area contributed by atoms with E-state index in [2.05, 4.69) is 21.0 Å². The van der Waals surface area contributed by atoms with Crippen molar-refractivity contribution >= 4 is 21.7 Å². The van der Waals surface area contributed by atoms with E-state index in [4.69, 9.17) is 0 Å². The Labute approximate surface area is 111 Å². The van der Waals surface area contributed by atoms with E-state index in [0.717, 1.165) is 10.0 Å². The highest BCUT2D eigenvalue weighted by atomic mass is 79.9. The number of aromatic nitrogens is 2. The summed E-state index contributed by atoms with van der Waals surface area (Å²) in [5.74, 6) is -0.226. The van der Waals surface area contributed by atoms with Crippen LogP contribution in [-0.2, 0) is 6.54 Å². The third-order valence-electron chi connectivity index (χ3n) is 2.41. The molecule has 0 amide bonds. The first-order valence-electron chi connectivity index (χ1n) is 5.17. The molecular formula is C11H10BrN3O3. The first-order valence-corrected chi connectivity index (χ1v) is 5.97. The molecule has 0 aliphatic rings. The van der Waals surface area contributed by atoms with Gasteiger partial charge in [-0.2, -0.15) is 4.68 Å². The third kappa shape index (κ3) is 2.93. The Balaban J connectivity index is 2.11. The minimum atomic E-state index is -0.762. The molecule has 18 heavy (non-hydrogen) atoms. The van der Waals surface area contributed by atoms with Crippen molar-refractivity contribution in [2.75, 3.05) is 0 Å². The Morgan fingerprint density at radius 1 is 1.50 bits per heavy atom. The van der Waals surface area contributed by atoms with Gasteiger partial charge in [-0.3, -0.25) is 0 Å². The second-order valence-corrected chi connectivity index (χ2v) is 4.64. The van der Waals surface area contributed by atoms with Crippen molar-refractivity contribution < 1.29 is 10.0 Å². The topological polar surface area (TPSA) is 81.2 Å². The number of aliphatic hydroxyl groups is 1. The molecule has 6 nitrogen and oxygen atoms in total. The molecule has 7 heteroatoms. The molecule has 1 heterocycles. The smallest absolute Gasteiger partial charge is 0.386 e. The summed E-state index contributed by atoms with van der Waals surface area (Å²) in [5, 5.41) is 24.2. The zero-order valence-corrected chi connectivity index (χ0v) is 10.8. The van der Waals surface area contributed by atoms with Crippen LogP contribution in [0.1, 0.15) is 11.7 Å². The van der Waals surface area contributed by atoms with Gasteiger partial charge in [-0.15, -0.1) is 0 Å². The van der Waals surface area contributed by atoms with Crippen molar-refractivity contribution in [1.82, 2.24) is 9.78 Å². The molecule has 0 bridgehead atoms. The van der Waals surface area contributed by atoms with E-state index in [1.54, 1.807) is 12.1 Å². The molecule has 1 N–H and O–H groups in total. The SMILES string of the molecule is O=[N+]([O-])c1ccn(CC(O)c2cccc(Br)c2)n1. The average molecular weight is 312 g/mol. The minimum Gasteiger partial charge on any atom is -0.386 e. The van der Waals surface area contributed by atoms with Gasteiger partial charge in [-0.05, 0) is 22.6 Å². The van der Waals surface area contributed by atoms with Gasteiger partial charge in [0.2, 0.25) is 0 Å². The van der Waals surface area contributed by atoms with E-state index in [0.29, 0.717) is 0 Å². The third-order valence-corrected chi connectivity index (χ3v) is 2.90. The number of rotatable bonds is 4. The molecular weight excluding hydrogens is 302 g/mol. The van der Waals surface area contributed by atoms with E-state index in [1.165, 1.54) is 16.9 Å². The minimum absolute atomic E-state index is 0.171. The Morgan fingerprint density at radius 2 is 2.28 bits per heavy atom. The van der Waals surface area contributed by atoms with Crippen LogP contribution in [0.2, 0.25) is 0 Å². The molecule has 0 spiro atoms. The zero-order valence-electron chi connectivity index (χ0n) is 9.23. The Hall–Kier alpha value is -1.73. The summed E-state index contributed by atoms with van der Waals surface area (Å²) in [4.78, 5) is 9.91.